The molecule has 1 N–H and O–H groups in total. The van der Waals surface area contributed by atoms with Crippen LogP contribution in [-0.2, 0) is 0 Å². The number of hydrogen-bond donors (Lipinski definition) is 1. The number of phenols is 1. The third kappa shape index (κ3) is 4.57. The molecular weight excluding hydrogens is 647 g/mol. The highest BCUT2D eigenvalue weighted by Gasteiger charge is 2.26. The summed E-state index contributed by atoms with van der Waals surface area (Å²) in [5.41, 5.74) is 12.1. The zero-order valence-electron chi connectivity index (χ0n) is 28.6. The van der Waals surface area contributed by atoms with Crippen LogP contribution in [0.25, 0.3) is 77.2 Å². The van der Waals surface area contributed by atoms with Crippen LogP contribution in [0.1, 0.15) is 0 Å². The summed E-state index contributed by atoms with van der Waals surface area (Å²) in [6.45, 7) is 0. The summed E-state index contributed by atoms with van der Waals surface area (Å²) in [7, 11) is 2.19. The Bertz CT molecular complexity index is 2980. The van der Waals surface area contributed by atoms with Crippen LogP contribution in [0.3, 0.4) is 0 Å². The van der Waals surface area contributed by atoms with E-state index in [2.05, 4.69) is 162 Å². The number of fused-ring (bicyclic) bond motifs is 8. The molecule has 1 aliphatic rings. The molecule has 5 heteroatoms. The summed E-state index contributed by atoms with van der Waals surface area (Å²) in [6.07, 6.45) is 0. The molecule has 0 aliphatic carbocycles. The molecule has 1 aliphatic heterocycles. The third-order valence-corrected chi connectivity index (χ3v) is 10.7. The van der Waals surface area contributed by atoms with Crippen molar-refractivity contribution in [3.63, 3.8) is 0 Å². The van der Waals surface area contributed by atoms with Crippen LogP contribution in [0.5, 0.6) is 17.2 Å². The molecule has 0 fully saturated rings. The fourth-order valence-corrected chi connectivity index (χ4v) is 8.31. The lowest BCUT2D eigenvalue weighted by Crippen LogP contribution is -2.35. The van der Waals surface area contributed by atoms with Gasteiger partial charge in [-0.2, -0.15) is 0 Å². The van der Waals surface area contributed by atoms with E-state index in [9.17, 15) is 5.11 Å². The van der Waals surface area contributed by atoms with Crippen LogP contribution < -0.4 is 15.7 Å². The summed E-state index contributed by atoms with van der Waals surface area (Å²) in [4.78, 5) is 0. The molecule has 4 nitrogen and oxygen atoms in total. The maximum atomic E-state index is 11.7. The van der Waals surface area contributed by atoms with Crippen molar-refractivity contribution < 1.29 is 9.84 Å². The number of hydrogen-bond acceptors (Lipinski definition) is 2. The van der Waals surface area contributed by atoms with Gasteiger partial charge in [0.1, 0.15) is 17.2 Å². The van der Waals surface area contributed by atoms with Gasteiger partial charge in [0, 0.05) is 44.9 Å². The number of nitrogens with zero attached hydrogens (tertiary/aromatic N) is 2. The van der Waals surface area contributed by atoms with Crippen molar-refractivity contribution in [3.8, 4) is 50.9 Å². The summed E-state index contributed by atoms with van der Waals surface area (Å²) < 4.78 is 11.6. The van der Waals surface area contributed by atoms with Gasteiger partial charge >= 0.3 is 0 Å². The highest BCUT2D eigenvalue weighted by atomic mass is 16.5. The Morgan fingerprint density at radius 2 is 0.943 bits per heavy atom. The molecule has 0 saturated carbocycles. The minimum absolute atomic E-state index is 0.217. The van der Waals surface area contributed by atoms with Gasteiger partial charge in [-0.25, -0.2) is 0 Å². The average Bonchev–Trinajstić information content (AvgIpc) is 3.73. The van der Waals surface area contributed by atoms with E-state index in [4.69, 9.17) is 4.74 Å². The second kappa shape index (κ2) is 11.5. The second-order valence-electron chi connectivity index (χ2n) is 13.7. The second-order valence-corrected chi connectivity index (χ2v) is 13.7. The maximum Gasteiger partial charge on any atom is 0.202 e. The Morgan fingerprint density at radius 3 is 1.53 bits per heavy atom. The molecular formula is C48H30BN2O2. The predicted octanol–water partition coefficient (Wildman–Crippen LogP) is 10.7. The third-order valence-electron chi connectivity index (χ3n) is 10.7. The Balaban J connectivity index is 1.12. The minimum Gasteiger partial charge on any atom is -0.507 e. The first kappa shape index (κ1) is 29.7. The van der Waals surface area contributed by atoms with Crippen molar-refractivity contribution in [2.75, 3.05) is 0 Å². The van der Waals surface area contributed by atoms with Gasteiger partial charge in [0.05, 0.1) is 27.8 Å². The van der Waals surface area contributed by atoms with Gasteiger partial charge in [-0.05, 0) is 70.1 Å². The Kier molecular flexibility index (Phi) is 6.46. The fraction of sp³-hybridized carbons (Fsp3) is 0. The van der Waals surface area contributed by atoms with Crippen molar-refractivity contribution in [2.45, 2.75) is 0 Å². The Hall–Kier alpha value is -6.98. The number of para-hydroxylation sites is 4. The smallest absolute Gasteiger partial charge is 0.202 e. The van der Waals surface area contributed by atoms with Crippen molar-refractivity contribution in [1.82, 2.24) is 9.13 Å². The van der Waals surface area contributed by atoms with E-state index < -0.39 is 0 Å². The molecule has 0 saturated heterocycles. The van der Waals surface area contributed by atoms with Gasteiger partial charge in [-0.1, -0.05) is 121 Å². The predicted molar refractivity (Wildman–Crippen MR) is 219 cm³/mol. The SMILES string of the molecule is Oc1cc(-c2ccccc2)ccc1-c1cc(-n2c3ccccc3c3ccccc32)cc2c1[B]c1ccc(-n3c4ccccc4c4ccccc43)cc1O2. The number of ether oxygens (including phenoxy) is 1. The maximum absolute atomic E-state index is 11.7. The molecule has 0 unspecified atom stereocenters. The van der Waals surface area contributed by atoms with Crippen LogP contribution >= 0.6 is 0 Å². The first-order chi connectivity index (χ1) is 26.2. The monoisotopic (exact) mass is 677 g/mol. The molecule has 0 atom stereocenters. The number of rotatable bonds is 4. The summed E-state index contributed by atoms with van der Waals surface area (Å²) >= 11 is 0. The largest absolute Gasteiger partial charge is 0.507 e. The van der Waals surface area contributed by atoms with Gasteiger partial charge in [-0.15, -0.1) is 0 Å². The van der Waals surface area contributed by atoms with Crippen molar-refractivity contribution in [1.29, 1.82) is 0 Å². The lowest BCUT2D eigenvalue weighted by atomic mass is 9.59. The standard InChI is InChI=1S/C48H30BN2O2/c52-45-26-31(30-12-2-1-3-13-30)22-24-38(45)39-27-33(51-43-20-10-6-16-36(43)37-17-7-11-21-44(37)51)29-47-48(39)49-40-25-23-32(28-46(40)53-47)50-41-18-8-4-14-34(41)35-15-5-9-19-42(35)50/h1-29,52H. The van der Waals surface area contributed by atoms with Crippen molar-refractivity contribution in [2.24, 2.45) is 0 Å². The molecule has 11 rings (SSSR count). The van der Waals surface area contributed by atoms with E-state index in [-0.39, 0.29) is 5.75 Å². The van der Waals surface area contributed by atoms with E-state index in [0.29, 0.717) is 0 Å². The van der Waals surface area contributed by atoms with E-state index in [1.165, 1.54) is 21.5 Å². The molecule has 10 aromatic rings. The zero-order valence-corrected chi connectivity index (χ0v) is 28.6. The average molecular weight is 678 g/mol. The molecule has 0 amide bonds. The molecule has 2 aromatic heterocycles. The van der Waals surface area contributed by atoms with E-state index >= 15 is 0 Å². The lowest BCUT2D eigenvalue weighted by Gasteiger charge is -2.25. The first-order valence-electron chi connectivity index (χ1n) is 17.9. The van der Waals surface area contributed by atoms with Crippen LogP contribution in [-0.4, -0.2) is 21.5 Å². The number of aromatic hydroxyl groups is 1. The Labute approximate surface area is 306 Å². The molecule has 3 heterocycles. The van der Waals surface area contributed by atoms with Crippen molar-refractivity contribution >= 4 is 61.8 Å². The van der Waals surface area contributed by atoms with Gasteiger partial charge in [0.2, 0.25) is 7.28 Å². The fourth-order valence-electron chi connectivity index (χ4n) is 8.31. The normalized spacial score (nSPS) is 12.2. The van der Waals surface area contributed by atoms with Crippen LogP contribution in [0.4, 0.5) is 0 Å². The van der Waals surface area contributed by atoms with Crippen molar-refractivity contribution in [3.05, 3.63) is 176 Å². The number of aromatic nitrogens is 2. The highest BCUT2D eigenvalue weighted by Crippen LogP contribution is 2.40. The van der Waals surface area contributed by atoms with E-state index in [0.717, 1.165) is 78.1 Å². The minimum atomic E-state index is 0.217. The van der Waals surface area contributed by atoms with E-state index in [1.807, 2.05) is 30.3 Å². The van der Waals surface area contributed by atoms with Gasteiger partial charge in [-0.3, -0.25) is 0 Å². The quantitative estimate of drug-likeness (QED) is 0.188. The number of phenolic OH excluding ortho intramolecular Hbond substituents is 1. The van der Waals surface area contributed by atoms with Gasteiger partial charge in [0.15, 0.2) is 0 Å². The summed E-state index contributed by atoms with van der Waals surface area (Å²) in [5, 5.41) is 16.5. The molecule has 247 valence electrons. The highest BCUT2D eigenvalue weighted by molar-refractivity contribution is 6.71. The zero-order chi connectivity index (χ0) is 35.0. The van der Waals surface area contributed by atoms with Crippen LogP contribution in [0.2, 0.25) is 0 Å². The molecule has 53 heavy (non-hydrogen) atoms. The lowest BCUT2D eigenvalue weighted by molar-refractivity contribution is 0.477. The Morgan fingerprint density at radius 1 is 0.415 bits per heavy atom. The molecule has 1 radical (unpaired) electrons. The molecule has 8 aromatic carbocycles. The van der Waals surface area contributed by atoms with E-state index in [1.54, 1.807) is 0 Å². The van der Waals surface area contributed by atoms with Crippen LogP contribution in [0, 0.1) is 0 Å². The first-order valence-corrected chi connectivity index (χ1v) is 17.9. The van der Waals surface area contributed by atoms with Crippen LogP contribution in [0.15, 0.2) is 176 Å². The van der Waals surface area contributed by atoms with Gasteiger partial charge < -0.3 is 19.0 Å². The summed E-state index contributed by atoms with van der Waals surface area (Å²) in [6, 6.07) is 61.1. The summed E-state index contributed by atoms with van der Waals surface area (Å²) in [5.74, 6) is 1.73. The number of benzene rings is 8. The molecule has 0 spiro atoms. The van der Waals surface area contributed by atoms with Gasteiger partial charge in [0.25, 0.3) is 0 Å². The molecule has 0 bridgehead atoms. The topological polar surface area (TPSA) is 39.3 Å².